The van der Waals surface area contributed by atoms with Crippen LogP contribution in [0.1, 0.15) is 28.4 Å². The first kappa shape index (κ1) is 19.7. The number of ether oxygens (including phenoxy) is 1. The molecule has 0 aromatic heterocycles. The van der Waals surface area contributed by atoms with Gasteiger partial charge in [-0.25, -0.2) is 9.59 Å². The van der Waals surface area contributed by atoms with Crippen LogP contribution in [0.25, 0.3) is 0 Å². The molecule has 0 atom stereocenters. The van der Waals surface area contributed by atoms with Gasteiger partial charge in [0.05, 0.1) is 17.7 Å². The first-order chi connectivity index (χ1) is 13.3. The lowest BCUT2D eigenvalue weighted by Crippen LogP contribution is -2.31. The van der Waals surface area contributed by atoms with E-state index in [1.54, 1.807) is 37.3 Å². The molecule has 0 N–H and O–H groups in total. The molecule has 0 aliphatic carbocycles. The number of hydrogen-bond donors (Lipinski definition) is 0. The fraction of sp³-hybridized carbons (Fsp3) is 0.300. The second-order valence-corrected chi connectivity index (χ2v) is 6.32. The Morgan fingerprint density at radius 1 is 1.11 bits per heavy atom. The Balaban J connectivity index is 1.69. The van der Waals surface area contributed by atoms with E-state index in [1.165, 1.54) is 15.9 Å². The Hall–Kier alpha value is -3.03. The summed E-state index contributed by atoms with van der Waals surface area (Å²) < 4.78 is 43.5. The minimum atomic E-state index is -4.42. The van der Waals surface area contributed by atoms with Crippen LogP contribution in [0.15, 0.2) is 48.5 Å². The molecule has 1 heterocycles. The van der Waals surface area contributed by atoms with Gasteiger partial charge in [0.25, 0.3) is 0 Å². The van der Waals surface area contributed by atoms with Crippen molar-refractivity contribution in [2.24, 2.45) is 0 Å². The van der Waals surface area contributed by atoms with Crippen LogP contribution in [-0.4, -0.2) is 36.6 Å². The number of alkyl halides is 3. The molecule has 8 heteroatoms. The van der Waals surface area contributed by atoms with E-state index in [0.717, 1.165) is 12.1 Å². The van der Waals surface area contributed by atoms with Gasteiger partial charge in [0, 0.05) is 25.3 Å². The molecule has 2 aromatic carbocycles. The molecule has 1 aliphatic heterocycles. The maximum absolute atomic E-state index is 12.9. The van der Waals surface area contributed by atoms with Crippen LogP contribution >= 0.6 is 0 Å². The van der Waals surface area contributed by atoms with Crippen molar-refractivity contribution in [1.82, 2.24) is 4.90 Å². The Morgan fingerprint density at radius 3 is 2.46 bits per heavy atom. The third kappa shape index (κ3) is 4.27. The summed E-state index contributed by atoms with van der Waals surface area (Å²) in [6, 6.07) is 11.1. The van der Waals surface area contributed by atoms with E-state index >= 15 is 0 Å². The van der Waals surface area contributed by atoms with E-state index in [-0.39, 0.29) is 19.2 Å². The van der Waals surface area contributed by atoms with Gasteiger partial charge < -0.3 is 9.64 Å². The number of carbonyl (C=O) groups is 2. The molecule has 1 aliphatic rings. The molecule has 5 nitrogen and oxygen atoms in total. The van der Waals surface area contributed by atoms with E-state index in [4.69, 9.17) is 4.74 Å². The molecule has 2 aromatic rings. The van der Waals surface area contributed by atoms with Crippen molar-refractivity contribution in [3.8, 4) is 0 Å². The molecule has 28 heavy (non-hydrogen) atoms. The standard InChI is InChI=1S/C20H19F3N2O3/c1-2-28-18(26)15-6-8-17(9-7-15)25-11-10-24(19(25)27)13-14-4-3-5-16(12-14)20(21,22)23/h3-9,12H,2,10-11,13H2,1H3. The minimum absolute atomic E-state index is 0.0974. The fourth-order valence-corrected chi connectivity index (χ4v) is 3.03. The van der Waals surface area contributed by atoms with Crippen molar-refractivity contribution in [2.75, 3.05) is 24.6 Å². The Bertz CT molecular complexity index is 866. The maximum atomic E-state index is 12.9. The molecule has 148 valence electrons. The van der Waals surface area contributed by atoms with Crippen LogP contribution in [0.4, 0.5) is 23.7 Å². The maximum Gasteiger partial charge on any atom is 0.416 e. The number of benzene rings is 2. The number of anilines is 1. The molecule has 0 spiro atoms. The van der Waals surface area contributed by atoms with Crippen LogP contribution in [0.2, 0.25) is 0 Å². The summed E-state index contributed by atoms with van der Waals surface area (Å²) in [6.45, 7) is 2.90. The SMILES string of the molecule is CCOC(=O)c1ccc(N2CCN(Cc3cccc(C(F)(F)F)c3)C2=O)cc1. The number of rotatable bonds is 5. The Labute approximate surface area is 160 Å². The van der Waals surface area contributed by atoms with Crippen LogP contribution < -0.4 is 4.90 Å². The number of halogens is 3. The van der Waals surface area contributed by atoms with Crippen LogP contribution in [-0.2, 0) is 17.5 Å². The van der Waals surface area contributed by atoms with Gasteiger partial charge >= 0.3 is 18.2 Å². The average molecular weight is 392 g/mol. The fourth-order valence-electron chi connectivity index (χ4n) is 3.03. The zero-order valence-corrected chi connectivity index (χ0v) is 15.2. The van der Waals surface area contributed by atoms with Crippen molar-refractivity contribution in [2.45, 2.75) is 19.6 Å². The number of urea groups is 1. The van der Waals surface area contributed by atoms with E-state index in [1.807, 2.05) is 0 Å². The van der Waals surface area contributed by atoms with Crippen LogP contribution in [0.3, 0.4) is 0 Å². The molecule has 0 radical (unpaired) electrons. The van der Waals surface area contributed by atoms with Crippen molar-refractivity contribution < 1.29 is 27.5 Å². The number of amides is 2. The Kier molecular flexibility index (Phi) is 5.58. The number of carbonyl (C=O) groups excluding carboxylic acids is 2. The molecular formula is C20H19F3N2O3. The normalized spacial score (nSPS) is 14.5. The molecule has 3 rings (SSSR count). The van der Waals surface area contributed by atoms with Gasteiger partial charge in [0.15, 0.2) is 0 Å². The molecule has 0 unspecified atom stereocenters. The lowest BCUT2D eigenvalue weighted by Gasteiger charge is -2.19. The minimum Gasteiger partial charge on any atom is -0.462 e. The second-order valence-electron chi connectivity index (χ2n) is 6.32. The van der Waals surface area contributed by atoms with Gasteiger partial charge in [-0.2, -0.15) is 13.2 Å². The highest BCUT2D eigenvalue weighted by Gasteiger charge is 2.32. The molecule has 2 amide bonds. The number of esters is 1. The summed E-state index contributed by atoms with van der Waals surface area (Å²) in [4.78, 5) is 27.4. The highest BCUT2D eigenvalue weighted by molar-refractivity contribution is 5.95. The van der Waals surface area contributed by atoms with Crippen molar-refractivity contribution in [3.05, 3.63) is 65.2 Å². The lowest BCUT2D eigenvalue weighted by atomic mass is 10.1. The Morgan fingerprint density at radius 2 is 1.82 bits per heavy atom. The predicted molar refractivity (Wildman–Crippen MR) is 97.0 cm³/mol. The monoisotopic (exact) mass is 392 g/mol. The van der Waals surface area contributed by atoms with Gasteiger partial charge in [0.1, 0.15) is 0 Å². The summed E-state index contributed by atoms with van der Waals surface area (Å²) >= 11 is 0. The van der Waals surface area contributed by atoms with Gasteiger partial charge in [-0.3, -0.25) is 4.90 Å². The van der Waals surface area contributed by atoms with Gasteiger partial charge in [0.2, 0.25) is 0 Å². The number of nitrogens with zero attached hydrogens (tertiary/aromatic N) is 2. The summed E-state index contributed by atoms with van der Waals surface area (Å²) in [7, 11) is 0. The predicted octanol–water partition coefficient (Wildman–Crippen LogP) is 4.32. The van der Waals surface area contributed by atoms with Crippen molar-refractivity contribution in [3.63, 3.8) is 0 Å². The smallest absolute Gasteiger partial charge is 0.416 e. The van der Waals surface area contributed by atoms with Gasteiger partial charge in [-0.15, -0.1) is 0 Å². The third-order valence-corrected chi connectivity index (χ3v) is 4.41. The second kappa shape index (κ2) is 7.92. The van der Waals surface area contributed by atoms with Gasteiger partial charge in [-0.1, -0.05) is 12.1 Å². The largest absolute Gasteiger partial charge is 0.462 e. The molecule has 1 fully saturated rings. The van der Waals surface area contributed by atoms with E-state index < -0.39 is 17.7 Å². The summed E-state index contributed by atoms with van der Waals surface area (Å²) in [5, 5.41) is 0. The van der Waals surface area contributed by atoms with Crippen LogP contribution in [0.5, 0.6) is 0 Å². The summed E-state index contributed by atoms with van der Waals surface area (Å²) in [5.41, 5.74) is 0.688. The van der Waals surface area contributed by atoms with Gasteiger partial charge in [-0.05, 0) is 48.9 Å². The van der Waals surface area contributed by atoms with E-state index in [0.29, 0.717) is 29.9 Å². The van der Waals surface area contributed by atoms with Crippen molar-refractivity contribution in [1.29, 1.82) is 0 Å². The van der Waals surface area contributed by atoms with Crippen LogP contribution in [0, 0.1) is 0 Å². The molecular weight excluding hydrogens is 373 g/mol. The molecule has 0 bridgehead atoms. The highest BCUT2D eigenvalue weighted by Crippen LogP contribution is 2.30. The van der Waals surface area contributed by atoms with E-state index in [2.05, 4.69) is 0 Å². The zero-order valence-electron chi connectivity index (χ0n) is 15.2. The number of hydrogen-bond acceptors (Lipinski definition) is 3. The van der Waals surface area contributed by atoms with E-state index in [9.17, 15) is 22.8 Å². The summed E-state index contributed by atoms with van der Waals surface area (Å²) in [5.74, 6) is -0.437. The zero-order chi connectivity index (χ0) is 20.3. The highest BCUT2D eigenvalue weighted by atomic mass is 19.4. The summed E-state index contributed by atoms with van der Waals surface area (Å²) in [6.07, 6.45) is -4.42. The third-order valence-electron chi connectivity index (χ3n) is 4.41. The van der Waals surface area contributed by atoms with Crippen molar-refractivity contribution >= 4 is 17.7 Å². The molecule has 0 saturated carbocycles. The lowest BCUT2D eigenvalue weighted by molar-refractivity contribution is -0.137. The quantitative estimate of drug-likeness (QED) is 0.712. The first-order valence-electron chi connectivity index (χ1n) is 8.79. The molecule has 1 saturated heterocycles. The topological polar surface area (TPSA) is 49.9 Å². The first-order valence-corrected chi connectivity index (χ1v) is 8.79. The average Bonchev–Trinajstić information content (AvgIpc) is 3.02.